The molecule has 0 unspecified atom stereocenters. The Morgan fingerprint density at radius 2 is 1.56 bits per heavy atom. The van der Waals surface area contributed by atoms with Crippen LogP contribution in [0.15, 0.2) is 24.8 Å². The summed E-state index contributed by atoms with van der Waals surface area (Å²) < 4.78 is 0. The fourth-order valence-electron chi connectivity index (χ4n) is 7.09. The Balaban J connectivity index is 1.98. The van der Waals surface area contributed by atoms with E-state index >= 15 is 0 Å². The highest BCUT2D eigenvalue weighted by atomic mass is 16.4. The van der Waals surface area contributed by atoms with Gasteiger partial charge in [-0.3, -0.25) is 14.6 Å². The number of hydrogen-bond donors (Lipinski definition) is 5. The maximum absolute atomic E-state index is 13.3. The van der Waals surface area contributed by atoms with Crippen molar-refractivity contribution in [2.45, 2.75) is 86.0 Å². The van der Waals surface area contributed by atoms with E-state index in [2.05, 4.69) is 54.0 Å². The van der Waals surface area contributed by atoms with Gasteiger partial charge in [0.1, 0.15) is 0 Å². The van der Waals surface area contributed by atoms with Crippen molar-refractivity contribution >= 4 is 57.1 Å². The molecule has 48 heavy (non-hydrogen) atoms. The summed E-state index contributed by atoms with van der Waals surface area (Å²) in [7, 11) is 0. The molecular weight excluding hydrogens is 604 g/mol. The Kier molecular flexibility index (Phi) is 10.0. The van der Waals surface area contributed by atoms with Crippen LogP contribution in [0.5, 0.6) is 0 Å². The highest BCUT2D eigenvalue weighted by Gasteiger charge is 2.35. The number of nitrogens with one attached hydrogen (secondary N) is 4. The van der Waals surface area contributed by atoms with E-state index in [1.54, 1.807) is 6.92 Å². The standard InChI is InChI=1S/C38H46N6O4/c1-9-23-19(5)27-16-29-21(7)25(13-14-33(45)39-11-3)36(43-29)26(15-34(46)40-12-4)37-35(38(47)48)22(8)30(44-37)18-32-24(10-2)20(6)28(42-32)17-31(23)41-27/h9,16-18,21,25,41-42H,1,10-15H2,2-8H3,(H,39,45)(H,40,46)(H,47,48)/t21-,25-/m0/s1. The second-order valence-corrected chi connectivity index (χ2v) is 12.6. The molecule has 0 saturated carbocycles. The van der Waals surface area contributed by atoms with Gasteiger partial charge in [0.25, 0.3) is 0 Å². The molecule has 10 heteroatoms. The van der Waals surface area contributed by atoms with Crippen LogP contribution in [0.25, 0.3) is 39.3 Å². The summed E-state index contributed by atoms with van der Waals surface area (Å²) in [6.07, 6.45) is 3.23. The fourth-order valence-corrected chi connectivity index (χ4v) is 7.09. The first-order chi connectivity index (χ1) is 22.9. The monoisotopic (exact) mass is 650 g/mol. The molecule has 0 saturated heterocycles. The number of H-pyrrole nitrogens is 2. The molecule has 10 nitrogen and oxygen atoms in total. The van der Waals surface area contributed by atoms with E-state index in [4.69, 9.17) is 9.97 Å². The molecule has 2 amide bonds. The number of carbonyl (C=O) groups excluding carboxylic acids is 2. The van der Waals surface area contributed by atoms with E-state index in [1.807, 2.05) is 39.0 Å². The molecule has 2 atom stereocenters. The average Bonchev–Trinajstić information content (AvgIpc) is 3.72. The Bertz CT molecular complexity index is 2010. The molecule has 5 N–H and O–H groups in total. The quantitative estimate of drug-likeness (QED) is 0.166. The van der Waals surface area contributed by atoms with Crippen molar-refractivity contribution in [3.63, 3.8) is 0 Å². The maximum atomic E-state index is 13.3. The van der Waals surface area contributed by atoms with Crippen molar-refractivity contribution in [1.29, 1.82) is 0 Å². The van der Waals surface area contributed by atoms with Crippen molar-refractivity contribution in [2.75, 3.05) is 13.1 Å². The number of nitrogens with zero attached hydrogens (tertiary/aromatic N) is 2. The van der Waals surface area contributed by atoms with E-state index in [9.17, 15) is 19.5 Å². The Morgan fingerprint density at radius 1 is 0.896 bits per heavy atom. The molecule has 0 aromatic carbocycles. The molecule has 0 fully saturated rings. The predicted octanol–water partition coefficient (Wildman–Crippen LogP) is 6.63. The number of aromatic nitrogens is 4. The number of amides is 2. The molecule has 0 radical (unpaired) electrons. The molecule has 8 bridgehead atoms. The number of fused-ring (bicyclic) bond motifs is 8. The van der Waals surface area contributed by atoms with Crippen molar-refractivity contribution in [3.8, 4) is 0 Å². The summed E-state index contributed by atoms with van der Waals surface area (Å²) in [5.74, 6) is -1.84. The number of aromatic amines is 2. The van der Waals surface area contributed by atoms with Gasteiger partial charge in [-0.2, -0.15) is 0 Å². The molecule has 0 aliphatic carbocycles. The number of likely N-dealkylation sites (N-methyl/N-ethyl adjacent to an activating group) is 1. The van der Waals surface area contributed by atoms with Crippen LogP contribution in [-0.4, -0.2) is 55.9 Å². The van der Waals surface area contributed by atoms with E-state index < -0.39 is 5.97 Å². The number of carboxylic acid groups (broad SMARTS) is 1. The number of rotatable bonds is 10. The maximum Gasteiger partial charge on any atom is 0.338 e. The van der Waals surface area contributed by atoms with E-state index in [-0.39, 0.29) is 47.8 Å². The molecule has 3 aromatic rings. The van der Waals surface area contributed by atoms with Gasteiger partial charge in [-0.25, -0.2) is 9.78 Å². The summed E-state index contributed by atoms with van der Waals surface area (Å²) in [5.41, 5.74) is 10.9. The lowest BCUT2D eigenvalue weighted by molar-refractivity contribution is -0.130. The van der Waals surface area contributed by atoms with Gasteiger partial charge in [0.05, 0.1) is 29.1 Å². The lowest BCUT2D eigenvalue weighted by Crippen LogP contribution is -2.26. The first kappa shape index (κ1) is 34.3. The summed E-state index contributed by atoms with van der Waals surface area (Å²) in [5, 5.41) is 16.3. The van der Waals surface area contributed by atoms with Crippen LogP contribution >= 0.6 is 0 Å². The minimum Gasteiger partial charge on any atom is -0.478 e. The lowest BCUT2D eigenvalue weighted by atomic mass is 9.84. The molecule has 5 heterocycles. The van der Waals surface area contributed by atoms with Crippen LogP contribution in [0, 0.1) is 13.8 Å². The minimum atomic E-state index is -1.12. The normalized spacial score (nSPS) is 15.8. The van der Waals surface area contributed by atoms with E-state index in [0.29, 0.717) is 42.0 Å². The van der Waals surface area contributed by atoms with Crippen LogP contribution in [0.1, 0.15) is 110 Å². The van der Waals surface area contributed by atoms with E-state index in [1.165, 1.54) is 0 Å². The lowest BCUT2D eigenvalue weighted by Gasteiger charge is -2.18. The van der Waals surface area contributed by atoms with Crippen LogP contribution in [0.2, 0.25) is 0 Å². The van der Waals surface area contributed by atoms with Gasteiger partial charge in [0.15, 0.2) is 0 Å². The summed E-state index contributed by atoms with van der Waals surface area (Å²) in [4.78, 5) is 56.2. The van der Waals surface area contributed by atoms with Gasteiger partial charge < -0.3 is 25.7 Å². The number of hydrogen-bond acceptors (Lipinski definition) is 5. The van der Waals surface area contributed by atoms with Gasteiger partial charge in [-0.05, 0) is 87.9 Å². The first-order valence-corrected chi connectivity index (χ1v) is 16.8. The molecule has 5 rings (SSSR count). The summed E-state index contributed by atoms with van der Waals surface area (Å²) in [6, 6.07) is 6.02. The van der Waals surface area contributed by atoms with Crippen LogP contribution in [-0.2, 0) is 27.2 Å². The molecule has 3 aromatic heterocycles. The number of carbonyl (C=O) groups is 3. The van der Waals surface area contributed by atoms with Crippen molar-refractivity contribution in [1.82, 2.24) is 30.6 Å². The third kappa shape index (κ3) is 6.31. The summed E-state index contributed by atoms with van der Waals surface area (Å²) in [6.45, 7) is 18.8. The zero-order valence-corrected chi connectivity index (χ0v) is 29.0. The Labute approximate surface area is 281 Å². The predicted molar refractivity (Wildman–Crippen MR) is 192 cm³/mol. The zero-order chi connectivity index (χ0) is 34.9. The third-order valence-corrected chi connectivity index (χ3v) is 9.71. The number of aliphatic carboxylic acids is 1. The molecule has 252 valence electrons. The van der Waals surface area contributed by atoms with Gasteiger partial charge in [0, 0.05) is 70.2 Å². The van der Waals surface area contributed by atoms with Crippen LogP contribution in [0.3, 0.4) is 0 Å². The van der Waals surface area contributed by atoms with Crippen LogP contribution < -0.4 is 10.6 Å². The average molecular weight is 651 g/mol. The topological polar surface area (TPSA) is 153 Å². The van der Waals surface area contributed by atoms with Gasteiger partial charge in [0.2, 0.25) is 11.8 Å². The zero-order valence-electron chi connectivity index (χ0n) is 29.0. The second-order valence-electron chi connectivity index (χ2n) is 12.6. The number of carboxylic acids is 1. The van der Waals surface area contributed by atoms with Crippen molar-refractivity contribution in [2.24, 2.45) is 0 Å². The minimum absolute atomic E-state index is 0.0493. The SMILES string of the molecule is C=Cc1c(C)c2cc3nc(c(CC(=O)NCC)c4nc(cc5[nH]c(cc1[nH]2)c(C)c5CC)C(C)=C4C(=O)O)[C@@H](CCC(=O)NCC)[C@@H]3C. The van der Waals surface area contributed by atoms with Gasteiger partial charge in [-0.15, -0.1) is 0 Å². The first-order valence-electron chi connectivity index (χ1n) is 16.8. The van der Waals surface area contributed by atoms with E-state index in [0.717, 1.165) is 56.4 Å². The molecular formula is C38H46N6O4. The fraction of sp³-hybridized carbons (Fsp3) is 0.395. The Morgan fingerprint density at radius 3 is 2.21 bits per heavy atom. The summed E-state index contributed by atoms with van der Waals surface area (Å²) >= 11 is 0. The van der Waals surface area contributed by atoms with Gasteiger partial charge >= 0.3 is 5.97 Å². The molecule has 2 aliphatic heterocycles. The smallest absolute Gasteiger partial charge is 0.338 e. The van der Waals surface area contributed by atoms with Crippen molar-refractivity contribution < 1.29 is 19.5 Å². The van der Waals surface area contributed by atoms with Crippen LogP contribution in [0.4, 0.5) is 0 Å². The number of aryl methyl sites for hydroxylation is 3. The molecule has 2 aliphatic rings. The van der Waals surface area contributed by atoms with Gasteiger partial charge in [-0.1, -0.05) is 26.5 Å². The largest absolute Gasteiger partial charge is 0.478 e. The highest BCUT2D eigenvalue weighted by Crippen LogP contribution is 2.43. The molecule has 0 spiro atoms. The Hall–Kier alpha value is -4.99. The highest BCUT2D eigenvalue weighted by molar-refractivity contribution is 6.24. The van der Waals surface area contributed by atoms with Crippen molar-refractivity contribution in [3.05, 3.63) is 75.4 Å². The second kappa shape index (κ2) is 14.0. The number of allylic oxidation sites excluding steroid dienone is 1. The third-order valence-electron chi connectivity index (χ3n) is 9.71.